The summed E-state index contributed by atoms with van der Waals surface area (Å²) in [5.41, 5.74) is 4.84. The van der Waals surface area contributed by atoms with Crippen LogP contribution in [0.4, 0.5) is 4.79 Å². The molecule has 8 heteroatoms. The molecular formula is C26H34ClNO6. The Hall–Kier alpha value is -2.16. The van der Waals surface area contributed by atoms with Crippen molar-refractivity contribution in [3.63, 3.8) is 0 Å². The first-order chi connectivity index (χ1) is 16.8. The number of carbonyl (C=O) groups is 1. The Kier molecular flexibility index (Phi) is 12.2. The number of benzene rings is 2. The molecule has 0 bridgehead atoms. The lowest BCUT2D eigenvalue weighted by molar-refractivity contribution is -0.000477. The molecule has 7 nitrogen and oxygen atoms in total. The van der Waals surface area contributed by atoms with Crippen molar-refractivity contribution in [2.24, 2.45) is 0 Å². The zero-order valence-corrected chi connectivity index (χ0v) is 20.3. The van der Waals surface area contributed by atoms with Crippen molar-refractivity contribution in [1.82, 2.24) is 5.32 Å². The van der Waals surface area contributed by atoms with Gasteiger partial charge in [-0.25, -0.2) is 4.79 Å². The minimum absolute atomic E-state index is 0.0658. The second kappa shape index (κ2) is 15.7. The predicted molar refractivity (Wildman–Crippen MR) is 132 cm³/mol. The number of hydrogen-bond acceptors (Lipinski definition) is 6. The third-order valence-electron chi connectivity index (χ3n) is 5.42. The standard InChI is InChI=1S/C26H34ClNO6/c27-10-13-31-15-17-33-19-18-32-16-14-30-12-5-11-28-26(29)34-20-25-23-8-3-1-6-21(23)22-7-2-4-9-24(22)25/h1-4,6-9,25H,5,10-20H2,(H,28,29). The van der Waals surface area contributed by atoms with Gasteiger partial charge in [-0.1, -0.05) is 48.5 Å². The van der Waals surface area contributed by atoms with Crippen molar-refractivity contribution in [3.05, 3.63) is 59.7 Å². The number of alkyl carbamates (subject to hydrolysis) is 1. The maximum atomic E-state index is 12.1. The van der Waals surface area contributed by atoms with Crippen molar-refractivity contribution in [2.45, 2.75) is 12.3 Å². The van der Waals surface area contributed by atoms with E-state index >= 15 is 0 Å². The van der Waals surface area contributed by atoms with Crippen LogP contribution in [0.1, 0.15) is 23.5 Å². The minimum Gasteiger partial charge on any atom is -0.449 e. The molecule has 0 saturated heterocycles. The van der Waals surface area contributed by atoms with E-state index in [0.717, 1.165) is 0 Å². The Morgan fingerprint density at radius 1 is 0.735 bits per heavy atom. The van der Waals surface area contributed by atoms with Gasteiger partial charge >= 0.3 is 6.09 Å². The molecule has 1 amide bonds. The van der Waals surface area contributed by atoms with Gasteiger partial charge < -0.3 is 29.0 Å². The first kappa shape index (κ1) is 26.4. The van der Waals surface area contributed by atoms with Crippen LogP contribution in [-0.4, -0.2) is 78.0 Å². The van der Waals surface area contributed by atoms with Crippen LogP contribution in [0, 0.1) is 0 Å². The Bertz CT molecular complexity index is 819. The third-order valence-corrected chi connectivity index (χ3v) is 5.57. The van der Waals surface area contributed by atoms with Gasteiger partial charge in [-0.15, -0.1) is 11.6 Å². The van der Waals surface area contributed by atoms with E-state index in [-0.39, 0.29) is 5.92 Å². The number of ether oxygens (including phenoxy) is 5. The summed E-state index contributed by atoms with van der Waals surface area (Å²) < 4.78 is 27.0. The quantitative estimate of drug-likeness (QED) is 0.264. The van der Waals surface area contributed by atoms with E-state index in [1.54, 1.807) is 0 Å². The Labute approximate surface area is 206 Å². The van der Waals surface area contributed by atoms with Crippen molar-refractivity contribution in [3.8, 4) is 11.1 Å². The molecule has 2 aromatic carbocycles. The maximum absolute atomic E-state index is 12.1. The number of halogens is 1. The van der Waals surface area contributed by atoms with E-state index in [4.69, 9.17) is 35.3 Å². The maximum Gasteiger partial charge on any atom is 0.407 e. The Morgan fingerprint density at radius 3 is 1.79 bits per heavy atom. The number of amides is 1. The molecular weight excluding hydrogens is 458 g/mol. The number of hydrogen-bond donors (Lipinski definition) is 1. The van der Waals surface area contributed by atoms with Crippen LogP contribution in [0.15, 0.2) is 48.5 Å². The normalized spacial score (nSPS) is 12.4. The number of nitrogens with one attached hydrogen (secondary N) is 1. The van der Waals surface area contributed by atoms with Crippen molar-refractivity contribution in [2.75, 3.05) is 71.9 Å². The van der Waals surface area contributed by atoms with Gasteiger partial charge in [0, 0.05) is 24.9 Å². The highest BCUT2D eigenvalue weighted by Crippen LogP contribution is 2.44. The van der Waals surface area contributed by atoms with Crippen molar-refractivity contribution < 1.29 is 28.5 Å². The van der Waals surface area contributed by atoms with Gasteiger partial charge in [-0.2, -0.15) is 0 Å². The lowest BCUT2D eigenvalue weighted by atomic mass is 9.98. The zero-order valence-electron chi connectivity index (χ0n) is 19.5. The largest absolute Gasteiger partial charge is 0.449 e. The fourth-order valence-corrected chi connectivity index (χ4v) is 3.94. The molecule has 0 unspecified atom stereocenters. The molecule has 0 fully saturated rings. The summed E-state index contributed by atoms with van der Waals surface area (Å²) in [6.45, 7) is 5.02. The van der Waals surface area contributed by atoms with Gasteiger partial charge in [0.15, 0.2) is 0 Å². The molecule has 0 radical (unpaired) electrons. The van der Waals surface area contributed by atoms with Crippen LogP contribution < -0.4 is 5.32 Å². The van der Waals surface area contributed by atoms with E-state index in [0.29, 0.717) is 78.3 Å². The van der Waals surface area contributed by atoms with Gasteiger partial charge in [-0.05, 0) is 28.7 Å². The first-order valence-corrected chi connectivity index (χ1v) is 12.3. The average Bonchev–Trinajstić information content (AvgIpc) is 3.19. The van der Waals surface area contributed by atoms with Crippen LogP contribution in [-0.2, 0) is 23.7 Å². The van der Waals surface area contributed by atoms with Crippen LogP contribution in [0.3, 0.4) is 0 Å². The molecule has 3 rings (SSSR count). The molecule has 2 aromatic rings. The third kappa shape index (κ3) is 8.56. The number of alkyl halides is 1. The SMILES string of the molecule is O=C(NCCCOCCOCCOCCOCCCl)OCC1c2ccccc2-c2ccccc21. The molecule has 0 atom stereocenters. The number of carbonyl (C=O) groups excluding carboxylic acids is 1. The molecule has 0 aromatic heterocycles. The summed E-state index contributed by atoms with van der Waals surface area (Å²) in [6, 6.07) is 16.6. The van der Waals surface area contributed by atoms with Gasteiger partial charge in [-0.3, -0.25) is 0 Å². The topological polar surface area (TPSA) is 75.3 Å². The highest BCUT2D eigenvalue weighted by molar-refractivity contribution is 6.17. The van der Waals surface area contributed by atoms with E-state index in [1.165, 1.54) is 22.3 Å². The summed E-state index contributed by atoms with van der Waals surface area (Å²) in [4.78, 5) is 12.1. The number of fused-ring (bicyclic) bond motifs is 3. The van der Waals surface area contributed by atoms with Crippen molar-refractivity contribution in [1.29, 1.82) is 0 Å². The fourth-order valence-electron chi connectivity index (χ4n) is 3.83. The van der Waals surface area contributed by atoms with Gasteiger partial charge in [0.05, 0.1) is 46.2 Å². The molecule has 1 N–H and O–H groups in total. The smallest absolute Gasteiger partial charge is 0.407 e. The molecule has 0 saturated carbocycles. The summed E-state index contributed by atoms with van der Waals surface area (Å²) in [5.74, 6) is 0.560. The lowest BCUT2D eigenvalue weighted by Crippen LogP contribution is -2.27. The predicted octanol–water partition coefficient (Wildman–Crippen LogP) is 4.22. The van der Waals surface area contributed by atoms with E-state index in [9.17, 15) is 4.79 Å². The highest BCUT2D eigenvalue weighted by atomic mass is 35.5. The number of rotatable bonds is 17. The molecule has 34 heavy (non-hydrogen) atoms. The Morgan fingerprint density at radius 2 is 1.24 bits per heavy atom. The lowest BCUT2D eigenvalue weighted by Gasteiger charge is -2.14. The van der Waals surface area contributed by atoms with Gasteiger partial charge in [0.2, 0.25) is 0 Å². The van der Waals surface area contributed by atoms with Gasteiger partial charge in [0.1, 0.15) is 6.61 Å². The monoisotopic (exact) mass is 491 g/mol. The van der Waals surface area contributed by atoms with E-state index in [2.05, 4.69) is 29.6 Å². The molecule has 186 valence electrons. The molecule has 0 spiro atoms. The highest BCUT2D eigenvalue weighted by Gasteiger charge is 2.28. The zero-order chi connectivity index (χ0) is 23.8. The van der Waals surface area contributed by atoms with Crippen LogP contribution in [0.5, 0.6) is 0 Å². The van der Waals surface area contributed by atoms with Crippen LogP contribution in [0.2, 0.25) is 0 Å². The van der Waals surface area contributed by atoms with Crippen molar-refractivity contribution >= 4 is 17.7 Å². The summed E-state index contributed by atoms with van der Waals surface area (Å²) in [6.07, 6.45) is 0.300. The second-order valence-corrected chi connectivity index (χ2v) is 8.12. The summed E-state index contributed by atoms with van der Waals surface area (Å²) in [5, 5.41) is 2.79. The summed E-state index contributed by atoms with van der Waals surface area (Å²) in [7, 11) is 0. The summed E-state index contributed by atoms with van der Waals surface area (Å²) >= 11 is 5.51. The van der Waals surface area contributed by atoms with Crippen LogP contribution in [0.25, 0.3) is 11.1 Å². The van der Waals surface area contributed by atoms with E-state index < -0.39 is 6.09 Å². The first-order valence-electron chi connectivity index (χ1n) is 11.8. The Balaban J connectivity index is 1.18. The molecule has 1 aliphatic rings. The fraction of sp³-hybridized carbons (Fsp3) is 0.500. The average molecular weight is 492 g/mol. The molecule has 1 aliphatic carbocycles. The molecule has 0 heterocycles. The van der Waals surface area contributed by atoms with Gasteiger partial charge in [0.25, 0.3) is 0 Å². The second-order valence-electron chi connectivity index (χ2n) is 7.74. The molecule has 0 aliphatic heterocycles. The van der Waals surface area contributed by atoms with E-state index in [1.807, 2.05) is 24.3 Å². The minimum atomic E-state index is -0.404. The van der Waals surface area contributed by atoms with Crippen LogP contribution >= 0.6 is 11.6 Å².